The number of aliphatic hydroxyl groups is 1. The molecule has 0 unspecified atom stereocenters. The average molecular weight is 585 g/mol. The number of aliphatic carboxylic acids is 1. The molecule has 2 saturated heterocycles. The molecule has 3 aromatic rings. The second-order valence-electron chi connectivity index (χ2n) is 12.2. The number of nitrogens with one attached hydrogen (secondary N) is 4. The monoisotopic (exact) mass is 584 g/mol. The van der Waals surface area contributed by atoms with Crippen molar-refractivity contribution < 1.29 is 24.5 Å². The fourth-order valence-corrected chi connectivity index (χ4v) is 7.17. The number of carbonyl (C=O) groups excluding carboxylic acids is 1. The van der Waals surface area contributed by atoms with E-state index in [2.05, 4.69) is 60.1 Å². The van der Waals surface area contributed by atoms with E-state index >= 15 is 0 Å². The van der Waals surface area contributed by atoms with Crippen LogP contribution in [0.15, 0.2) is 11.4 Å². The van der Waals surface area contributed by atoms with Crippen molar-refractivity contribution in [3.63, 3.8) is 0 Å². The SMILES string of the molecule is CCc1c2[nH]c(c1C)/C=C1\N/C(=C/c3[nH]c(c(C)c3CCC(=O)O)/C=c3\[nH]/c(c(C)c3CC)=C\2)[C@]2(CCC(=O)O2)[C@@]1(C)O. The molecular formula is C34H40N4O5. The van der Waals surface area contributed by atoms with E-state index in [0.717, 1.165) is 63.0 Å². The minimum Gasteiger partial charge on any atom is -0.481 e. The fraction of sp³-hybridized carbons (Fsp3) is 0.412. The second-order valence-corrected chi connectivity index (χ2v) is 12.2. The van der Waals surface area contributed by atoms with Crippen molar-refractivity contribution >= 4 is 36.2 Å². The summed E-state index contributed by atoms with van der Waals surface area (Å²) in [4.78, 5) is 35.0. The number of carboxylic acids is 1. The largest absolute Gasteiger partial charge is 0.481 e. The summed E-state index contributed by atoms with van der Waals surface area (Å²) in [5, 5.41) is 27.1. The maximum atomic E-state index is 12.6. The third-order valence-corrected chi connectivity index (χ3v) is 9.79. The third-order valence-electron chi connectivity index (χ3n) is 9.79. The number of hydrogen-bond donors (Lipinski definition) is 6. The highest BCUT2D eigenvalue weighted by molar-refractivity contribution is 5.78. The minimum atomic E-state index is -1.54. The first-order valence-electron chi connectivity index (χ1n) is 15.1. The molecule has 6 heterocycles. The highest BCUT2D eigenvalue weighted by atomic mass is 16.6. The summed E-state index contributed by atoms with van der Waals surface area (Å²) in [5.41, 5.74) is 8.19. The first kappa shape index (κ1) is 28.9. The van der Waals surface area contributed by atoms with Crippen molar-refractivity contribution in [3.05, 3.63) is 78.2 Å². The Balaban J connectivity index is 1.70. The number of rotatable bonds is 5. The van der Waals surface area contributed by atoms with Gasteiger partial charge in [-0.15, -0.1) is 0 Å². The molecule has 8 bridgehead atoms. The van der Waals surface area contributed by atoms with Gasteiger partial charge >= 0.3 is 11.9 Å². The zero-order valence-corrected chi connectivity index (χ0v) is 25.7. The Kier molecular flexibility index (Phi) is 6.84. The van der Waals surface area contributed by atoms with E-state index in [1.165, 1.54) is 16.7 Å². The molecule has 0 aromatic carbocycles. The van der Waals surface area contributed by atoms with Gasteiger partial charge in [0, 0.05) is 52.7 Å². The Morgan fingerprint density at radius 1 is 0.837 bits per heavy atom. The third kappa shape index (κ3) is 4.40. The van der Waals surface area contributed by atoms with Crippen molar-refractivity contribution in [2.45, 2.75) is 91.3 Å². The number of fused-ring (bicyclic) bond motifs is 9. The Morgan fingerprint density at radius 3 is 2.07 bits per heavy atom. The summed E-state index contributed by atoms with van der Waals surface area (Å²) in [7, 11) is 0. The molecule has 2 atom stereocenters. The Labute approximate surface area is 250 Å². The number of ether oxygens (including phenoxy) is 1. The maximum absolute atomic E-state index is 12.6. The van der Waals surface area contributed by atoms with Gasteiger partial charge in [-0.2, -0.15) is 0 Å². The molecule has 9 nitrogen and oxygen atoms in total. The van der Waals surface area contributed by atoms with Gasteiger partial charge in [-0.25, -0.2) is 0 Å². The van der Waals surface area contributed by atoms with Crippen molar-refractivity contribution in [1.29, 1.82) is 0 Å². The molecule has 6 N–H and O–H groups in total. The van der Waals surface area contributed by atoms with E-state index in [1.54, 1.807) is 6.92 Å². The predicted molar refractivity (Wildman–Crippen MR) is 165 cm³/mol. The predicted octanol–water partition coefficient (Wildman–Crippen LogP) is 3.52. The topological polar surface area (TPSA) is 143 Å². The molecule has 43 heavy (non-hydrogen) atoms. The number of carbonyl (C=O) groups is 2. The van der Waals surface area contributed by atoms with Gasteiger partial charge in [-0.1, -0.05) is 13.8 Å². The first-order chi connectivity index (χ1) is 20.4. The molecule has 0 aliphatic carbocycles. The molecule has 9 heteroatoms. The van der Waals surface area contributed by atoms with Gasteiger partial charge in [-0.05, 0) is 105 Å². The van der Waals surface area contributed by atoms with Gasteiger partial charge in [0.2, 0.25) is 0 Å². The van der Waals surface area contributed by atoms with E-state index in [0.29, 0.717) is 24.2 Å². The van der Waals surface area contributed by atoms with Gasteiger partial charge < -0.3 is 35.2 Å². The molecule has 0 saturated carbocycles. The Hall–Kier alpha value is -4.24. The number of H-pyrrole nitrogens is 3. The zero-order chi connectivity index (χ0) is 30.8. The fourth-order valence-electron chi connectivity index (χ4n) is 7.17. The standard InChI is InChI=1S/C34H40N4O5/c1-7-20-17(3)23-13-27-21(8-2)18(4)25(37-27)15-29-33(6,42)34(12-11-32(41)43-34)30(38-29)16-28-22(9-10-31(39)40)19(5)24(36-28)14-26(20)35-23/h13-16,35-38,42H,7-12H2,1-6H3,(H,39,40)/b23-13-,26-14-,29-15-,30-16+/t33-,34+/m0/s1. The number of esters is 1. The van der Waals surface area contributed by atoms with E-state index in [-0.39, 0.29) is 18.8 Å². The Bertz CT molecular complexity index is 1860. The van der Waals surface area contributed by atoms with Crippen LogP contribution in [0.25, 0.3) is 24.3 Å². The lowest BCUT2D eigenvalue weighted by molar-refractivity contribution is -0.158. The molecule has 6 rings (SSSR count). The van der Waals surface area contributed by atoms with Crippen LogP contribution < -0.4 is 16.0 Å². The lowest BCUT2D eigenvalue weighted by Crippen LogP contribution is -2.49. The van der Waals surface area contributed by atoms with Crippen LogP contribution in [0, 0.1) is 20.8 Å². The minimum absolute atomic E-state index is 0.0281. The number of hydrogen-bond acceptors (Lipinski definition) is 5. The Morgan fingerprint density at radius 2 is 1.44 bits per heavy atom. The van der Waals surface area contributed by atoms with Crippen LogP contribution in [0.3, 0.4) is 0 Å². The highest BCUT2D eigenvalue weighted by Crippen LogP contribution is 2.50. The van der Waals surface area contributed by atoms with E-state index in [4.69, 9.17) is 4.74 Å². The normalized spacial score (nSPS) is 26.5. The van der Waals surface area contributed by atoms with Crippen LogP contribution in [0.4, 0.5) is 0 Å². The van der Waals surface area contributed by atoms with Crippen molar-refractivity contribution in [2.24, 2.45) is 0 Å². The van der Waals surface area contributed by atoms with Crippen LogP contribution in [-0.4, -0.2) is 48.3 Å². The quantitative estimate of drug-likeness (QED) is 0.253. The molecule has 3 aliphatic heterocycles. The summed E-state index contributed by atoms with van der Waals surface area (Å²) < 4.78 is 5.98. The van der Waals surface area contributed by atoms with Crippen molar-refractivity contribution in [2.75, 3.05) is 0 Å². The smallest absolute Gasteiger partial charge is 0.307 e. The van der Waals surface area contributed by atoms with Crippen LogP contribution in [0.1, 0.15) is 96.2 Å². The average Bonchev–Trinajstić information content (AvgIpc) is 3.69. The van der Waals surface area contributed by atoms with Gasteiger partial charge in [0.1, 0.15) is 5.60 Å². The van der Waals surface area contributed by atoms with E-state index in [9.17, 15) is 19.8 Å². The lowest BCUT2D eigenvalue weighted by Gasteiger charge is -2.34. The van der Waals surface area contributed by atoms with Gasteiger partial charge in [0.25, 0.3) is 0 Å². The van der Waals surface area contributed by atoms with Crippen LogP contribution in [0.2, 0.25) is 0 Å². The zero-order valence-electron chi connectivity index (χ0n) is 25.7. The van der Waals surface area contributed by atoms with E-state index in [1.807, 2.05) is 19.1 Å². The number of carboxylic acid groups (broad SMARTS) is 1. The molecule has 226 valence electrons. The summed E-state index contributed by atoms with van der Waals surface area (Å²) in [6.07, 6.45) is 10.5. The molecule has 2 fully saturated rings. The summed E-state index contributed by atoms with van der Waals surface area (Å²) in [6, 6.07) is 0. The van der Waals surface area contributed by atoms with Crippen LogP contribution in [-0.2, 0) is 33.6 Å². The number of aromatic amines is 3. The highest BCUT2D eigenvalue weighted by Gasteiger charge is 2.63. The molecular weight excluding hydrogens is 544 g/mol. The first-order valence-corrected chi connectivity index (χ1v) is 15.1. The molecule has 1 spiro atoms. The van der Waals surface area contributed by atoms with Crippen LogP contribution in [0.5, 0.6) is 0 Å². The maximum Gasteiger partial charge on any atom is 0.307 e. The van der Waals surface area contributed by atoms with Gasteiger partial charge in [-0.3, -0.25) is 9.59 Å². The van der Waals surface area contributed by atoms with Gasteiger partial charge in [0.15, 0.2) is 5.60 Å². The van der Waals surface area contributed by atoms with Gasteiger partial charge in [0.05, 0.1) is 11.4 Å². The summed E-state index contributed by atoms with van der Waals surface area (Å²) in [6.45, 7) is 12.2. The lowest BCUT2D eigenvalue weighted by atomic mass is 9.80. The molecule has 0 radical (unpaired) electrons. The molecule has 3 aliphatic rings. The second kappa shape index (κ2) is 10.2. The molecule has 0 amide bonds. The summed E-state index contributed by atoms with van der Waals surface area (Å²) >= 11 is 0. The molecule has 3 aromatic heterocycles. The van der Waals surface area contributed by atoms with Crippen molar-refractivity contribution in [1.82, 2.24) is 20.3 Å². The number of aromatic nitrogens is 3. The van der Waals surface area contributed by atoms with Crippen LogP contribution >= 0.6 is 0 Å². The van der Waals surface area contributed by atoms with Crippen molar-refractivity contribution in [3.8, 4) is 0 Å². The summed E-state index contributed by atoms with van der Waals surface area (Å²) in [5.74, 6) is -1.24. The van der Waals surface area contributed by atoms with E-state index < -0.39 is 17.2 Å².